The van der Waals surface area contributed by atoms with E-state index in [1.165, 1.54) is 18.2 Å². The zero-order valence-corrected chi connectivity index (χ0v) is 6.82. The van der Waals surface area contributed by atoms with Crippen molar-refractivity contribution in [2.75, 3.05) is 0 Å². The van der Waals surface area contributed by atoms with Crippen molar-refractivity contribution in [1.82, 2.24) is 0 Å². The average Bonchev–Trinajstić information content (AvgIpc) is 2.05. The fourth-order valence-electron chi connectivity index (χ4n) is 0.760. The number of hydrogen-bond acceptors (Lipinski definition) is 4. The third kappa shape index (κ3) is 1.62. The van der Waals surface area contributed by atoms with Crippen LogP contribution in [-0.4, -0.2) is 11.2 Å². The number of thiol groups is 1. The van der Waals surface area contributed by atoms with E-state index in [0.29, 0.717) is 6.29 Å². The van der Waals surface area contributed by atoms with Gasteiger partial charge in [0.1, 0.15) is 6.29 Å². The second kappa shape index (κ2) is 3.36. The zero-order chi connectivity index (χ0) is 9.14. The molecule has 5 heteroatoms. The Kier molecular flexibility index (Phi) is 2.44. The molecule has 0 aromatic heterocycles. The summed E-state index contributed by atoms with van der Waals surface area (Å²) in [6.07, 6.45) is 0.556. The summed E-state index contributed by atoms with van der Waals surface area (Å²) in [6.45, 7) is 0. The summed E-state index contributed by atoms with van der Waals surface area (Å²) in [7, 11) is 0. The van der Waals surface area contributed by atoms with Crippen molar-refractivity contribution in [2.45, 2.75) is 4.90 Å². The first kappa shape index (κ1) is 8.73. The van der Waals surface area contributed by atoms with Gasteiger partial charge in [-0.2, -0.15) is 0 Å². The predicted molar refractivity (Wildman–Crippen MR) is 45.7 cm³/mol. The van der Waals surface area contributed by atoms with Crippen molar-refractivity contribution in [3.63, 3.8) is 0 Å². The Morgan fingerprint density at radius 1 is 1.50 bits per heavy atom. The summed E-state index contributed by atoms with van der Waals surface area (Å²) in [5, 5.41) is 10.3. The van der Waals surface area contributed by atoms with Gasteiger partial charge in [0.25, 0.3) is 5.69 Å². The molecule has 0 N–H and O–H groups in total. The van der Waals surface area contributed by atoms with E-state index in [1.54, 1.807) is 0 Å². The Labute approximate surface area is 73.8 Å². The average molecular weight is 183 g/mol. The molecule has 0 saturated heterocycles. The van der Waals surface area contributed by atoms with Gasteiger partial charge in [-0.3, -0.25) is 14.9 Å². The van der Waals surface area contributed by atoms with E-state index in [1.807, 2.05) is 0 Å². The van der Waals surface area contributed by atoms with Gasteiger partial charge in [-0.05, 0) is 6.07 Å². The van der Waals surface area contributed by atoms with Crippen LogP contribution < -0.4 is 0 Å². The monoisotopic (exact) mass is 183 g/mol. The SMILES string of the molecule is O=Cc1ccc(S)c([N+](=O)[O-])c1. The largest absolute Gasteiger partial charge is 0.298 e. The number of benzene rings is 1. The second-order valence-electron chi connectivity index (χ2n) is 2.12. The maximum atomic E-state index is 10.3. The minimum Gasteiger partial charge on any atom is -0.298 e. The molecular formula is C7H5NO3S. The number of carbonyl (C=O) groups excluding carboxylic acids is 1. The minimum atomic E-state index is -0.574. The Hall–Kier alpha value is -1.36. The van der Waals surface area contributed by atoms with Crippen molar-refractivity contribution < 1.29 is 9.72 Å². The van der Waals surface area contributed by atoms with Crippen LogP contribution in [0.5, 0.6) is 0 Å². The standard InChI is InChI=1S/C7H5NO3S/c9-4-5-1-2-7(12)6(3-5)8(10)11/h1-4,12H. The smallest absolute Gasteiger partial charge is 0.283 e. The fourth-order valence-corrected chi connectivity index (χ4v) is 0.981. The quantitative estimate of drug-likeness (QED) is 0.328. The summed E-state index contributed by atoms with van der Waals surface area (Å²) in [5.41, 5.74) is 0.127. The van der Waals surface area contributed by atoms with Crippen molar-refractivity contribution in [3.05, 3.63) is 33.9 Å². The molecule has 4 nitrogen and oxygen atoms in total. The molecule has 0 amide bonds. The first-order chi connectivity index (χ1) is 5.65. The number of nitro benzene ring substituents is 1. The third-order valence-electron chi connectivity index (χ3n) is 1.33. The van der Waals surface area contributed by atoms with Crippen LogP contribution in [0.1, 0.15) is 10.4 Å². The zero-order valence-electron chi connectivity index (χ0n) is 5.93. The van der Waals surface area contributed by atoms with Crippen LogP contribution in [0.25, 0.3) is 0 Å². The molecule has 12 heavy (non-hydrogen) atoms. The molecular weight excluding hydrogens is 178 g/mol. The highest BCUT2D eigenvalue weighted by molar-refractivity contribution is 7.80. The van der Waals surface area contributed by atoms with Gasteiger partial charge in [-0.1, -0.05) is 6.07 Å². The number of nitro groups is 1. The predicted octanol–water partition coefficient (Wildman–Crippen LogP) is 1.70. The molecule has 0 heterocycles. The summed E-state index contributed by atoms with van der Waals surface area (Å²) >= 11 is 3.87. The molecule has 62 valence electrons. The maximum absolute atomic E-state index is 10.3. The molecule has 0 bridgehead atoms. The van der Waals surface area contributed by atoms with Crippen molar-refractivity contribution in [1.29, 1.82) is 0 Å². The van der Waals surface area contributed by atoms with Crippen LogP contribution in [0.2, 0.25) is 0 Å². The van der Waals surface area contributed by atoms with Gasteiger partial charge in [0.05, 0.1) is 9.82 Å². The van der Waals surface area contributed by atoms with Crippen LogP contribution in [0, 0.1) is 10.1 Å². The topological polar surface area (TPSA) is 60.2 Å². The number of rotatable bonds is 2. The van der Waals surface area contributed by atoms with Crippen LogP contribution in [-0.2, 0) is 0 Å². The number of aldehydes is 1. The maximum Gasteiger partial charge on any atom is 0.283 e. The molecule has 0 atom stereocenters. The summed E-state index contributed by atoms with van der Waals surface area (Å²) in [5.74, 6) is 0. The number of hydrogen-bond donors (Lipinski definition) is 1. The highest BCUT2D eigenvalue weighted by atomic mass is 32.1. The normalized spacial score (nSPS) is 9.42. The molecule has 0 spiro atoms. The first-order valence-corrected chi connectivity index (χ1v) is 3.52. The van der Waals surface area contributed by atoms with E-state index >= 15 is 0 Å². The lowest BCUT2D eigenvalue weighted by molar-refractivity contribution is -0.387. The lowest BCUT2D eigenvalue weighted by atomic mass is 10.2. The summed E-state index contributed by atoms with van der Waals surface area (Å²) in [6, 6.07) is 4.09. The number of carbonyl (C=O) groups is 1. The van der Waals surface area contributed by atoms with E-state index in [9.17, 15) is 14.9 Å². The van der Waals surface area contributed by atoms with Crippen molar-refractivity contribution >= 4 is 24.6 Å². The molecule has 0 aliphatic rings. The molecule has 0 saturated carbocycles. The van der Waals surface area contributed by atoms with Crippen LogP contribution in [0.15, 0.2) is 23.1 Å². The van der Waals surface area contributed by atoms with E-state index in [2.05, 4.69) is 12.6 Å². The Balaban J connectivity index is 3.25. The van der Waals surface area contributed by atoms with Gasteiger partial charge in [-0.15, -0.1) is 12.6 Å². The van der Waals surface area contributed by atoms with Crippen LogP contribution >= 0.6 is 12.6 Å². The molecule has 0 radical (unpaired) electrons. The Morgan fingerprint density at radius 2 is 2.17 bits per heavy atom. The highest BCUT2D eigenvalue weighted by Gasteiger charge is 2.10. The van der Waals surface area contributed by atoms with Gasteiger partial charge in [-0.25, -0.2) is 0 Å². The number of nitrogens with zero attached hydrogens (tertiary/aromatic N) is 1. The molecule has 1 aromatic carbocycles. The van der Waals surface area contributed by atoms with Crippen molar-refractivity contribution in [2.24, 2.45) is 0 Å². The van der Waals surface area contributed by atoms with E-state index in [0.717, 1.165) is 0 Å². The Morgan fingerprint density at radius 3 is 2.67 bits per heavy atom. The van der Waals surface area contributed by atoms with E-state index < -0.39 is 4.92 Å². The lowest BCUT2D eigenvalue weighted by Crippen LogP contribution is -1.91. The third-order valence-corrected chi connectivity index (χ3v) is 1.71. The molecule has 1 aromatic rings. The van der Waals surface area contributed by atoms with Gasteiger partial charge < -0.3 is 0 Å². The van der Waals surface area contributed by atoms with Crippen molar-refractivity contribution in [3.8, 4) is 0 Å². The van der Waals surface area contributed by atoms with E-state index in [-0.39, 0.29) is 16.1 Å². The van der Waals surface area contributed by atoms with Gasteiger partial charge in [0, 0.05) is 11.6 Å². The molecule has 0 aliphatic heterocycles. The first-order valence-electron chi connectivity index (χ1n) is 3.07. The lowest BCUT2D eigenvalue weighted by Gasteiger charge is -1.95. The second-order valence-corrected chi connectivity index (χ2v) is 2.60. The summed E-state index contributed by atoms with van der Waals surface area (Å²) < 4.78 is 0. The van der Waals surface area contributed by atoms with Gasteiger partial charge >= 0.3 is 0 Å². The van der Waals surface area contributed by atoms with Gasteiger partial charge in [0.2, 0.25) is 0 Å². The summed E-state index contributed by atoms with van der Waals surface area (Å²) in [4.78, 5) is 20.3. The van der Waals surface area contributed by atoms with Crippen LogP contribution in [0.4, 0.5) is 5.69 Å². The van der Waals surface area contributed by atoms with Gasteiger partial charge in [0.15, 0.2) is 0 Å². The van der Waals surface area contributed by atoms with E-state index in [4.69, 9.17) is 0 Å². The fraction of sp³-hybridized carbons (Fsp3) is 0. The minimum absolute atomic E-state index is 0.150. The van der Waals surface area contributed by atoms with Crippen LogP contribution in [0.3, 0.4) is 0 Å². The molecule has 1 rings (SSSR count). The highest BCUT2D eigenvalue weighted by Crippen LogP contribution is 2.22. The molecule has 0 aliphatic carbocycles. The molecule has 0 fully saturated rings. The Bertz CT molecular complexity index is 337. The molecule has 0 unspecified atom stereocenters.